The number of alkyl halides is 2. The van der Waals surface area contributed by atoms with Crippen LogP contribution in [0, 0.1) is 0 Å². The molecule has 72 valence electrons. The van der Waals surface area contributed by atoms with Crippen molar-refractivity contribution in [2.45, 2.75) is 24.7 Å². The molecule has 0 aromatic heterocycles. The van der Waals surface area contributed by atoms with Crippen LogP contribution >= 0.6 is 25.2 Å². The van der Waals surface area contributed by atoms with Crippen molar-refractivity contribution in [3.05, 3.63) is 0 Å². The van der Waals surface area contributed by atoms with Gasteiger partial charge in [0.05, 0.1) is 0 Å². The summed E-state index contributed by atoms with van der Waals surface area (Å²) in [5.74, 6) is 0. The van der Waals surface area contributed by atoms with Gasteiger partial charge in [-0.3, -0.25) is 0 Å². The van der Waals surface area contributed by atoms with Crippen molar-refractivity contribution in [2.24, 2.45) is 0 Å². The van der Waals surface area contributed by atoms with E-state index < -0.39 is 5.41 Å². The Balaban J connectivity index is 2.18. The van der Waals surface area contributed by atoms with Crippen LogP contribution in [0.4, 0.5) is 4.39 Å². The van der Waals surface area contributed by atoms with Gasteiger partial charge in [0, 0.05) is 18.4 Å². The predicted molar refractivity (Wildman–Crippen MR) is 57.6 cm³/mol. The Labute approximate surface area is 84.4 Å². The third-order valence-corrected chi connectivity index (χ3v) is 3.43. The van der Waals surface area contributed by atoms with E-state index in [1.54, 1.807) is 0 Å². The quantitative estimate of drug-likeness (QED) is 0.553. The predicted octanol–water partition coefficient (Wildman–Crippen LogP) is 2.41. The van der Waals surface area contributed by atoms with Gasteiger partial charge in [0.2, 0.25) is 0 Å². The maximum Gasteiger partial charge on any atom is 0.126 e. The first-order valence-corrected chi connectivity index (χ1v) is 6.10. The lowest BCUT2D eigenvalue weighted by Gasteiger charge is -2.33. The van der Waals surface area contributed by atoms with E-state index in [1.807, 2.05) is 0 Å². The minimum atomic E-state index is -0.981. The number of piperidine rings is 1. The van der Waals surface area contributed by atoms with Crippen LogP contribution in [0.15, 0.2) is 0 Å². The van der Waals surface area contributed by atoms with Gasteiger partial charge in [-0.2, -0.15) is 0 Å². The highest BCUT2D eigenvalue weighted by molar-refractivity contribution is 9.09. The molecule has 0 N–H and O–H groups in total. The molecular formula is C8H16BrFNP. The zero-order chi connectivity index (χ0) is 9.03. The third kappa shape index (κ3) is 3.68. The smallest absolute Gasteiger partial charge is 0.126 e. The van der Waals surface area contributed by atoms with E-state index in [2.05, 4.69) is 30.1 Å². The monoisotopic (exact) mass is 255 g/mol. The minimum Gasteiger partial charge on any atom is -0.303 e. The Morgan fingerprint density at radius 2 is 2.00 bits per heavy atom. The number of halogens is 2. The van der Waals surface area contributed by atoms with Gasteiger partial charge in [-0.1, -0.05) is 25.2 Å². The first kappa shape index (κ1) is 10.9. The van der Waals surface area contributed by atoms with Crippen molar-refractivity contribution in [3.63, 3.8) is 0 Å². The molecule has 1 atom stereocenters. The zero-order valence-electron chi connectivity index (χ0n) is 7.23. The second-order valence-corrected chi connectivity index (χ2v) is 5.25. The average molecular weight is 256 g/mol. The molecule has 0 aliphatic carbocycles. The summed E-state index contributed by atoms with van der Waals surface area (Å²) in [5, 5.41) is 0.0655. The molecule has 0 aromatic rings. The van der Waals surface area contributed by atoms with E-state index in [0.29, 0.717) is 12.8 Å². The largest absolute Gasteiger partial charge is 0.303 e. The summed E-state index contributed by atoms with van der Waals surface area (Å²) in [5.41, 5.74) is 0. The first-order chi connectivity index (χ1) is 5.64. The molecule has 1 unspecified atom stereocenters. The third-order valence-electron chi connectivity index (χ3n) is 2.30. The number of hydrogen-bond acceptors (Lipinski definition) is 1. The molecule has 0 spiro atoms. The van der Waals surface area contributed by atoms with Gasteiger partial charge in [-0.25, -0.2) is 4.39 Å². The summed E-state index contributed by atoms with van der Waals surface area (Å²) in [7, 11) is 2.33. The van der Waals surface area contributed by atoms with Gasteiger partial charge in [0.15, 0.2) is 0 Å². The Morgan fingerprint density at radius 3 is 2.50 bits per heavy atom. The fourth-order valence-corrected chi connectivity index (χ4v) is 1.94. The van der Waals surface area contributed by atoms with E-state index >= 15 is 0 Å². The fraction of sp³-hybridized carbons (Fsp3) is 1.00. The maximum absolute atomic E-state index is 13.3. The second-order valence-electron chi connectivity index (χ2n) is 3.42. The van der Waals surface area contributed by atoms with Crippen LogP contribution in [-0.4, -0.2) is 35.3 Å². The summed E-state index contributed by atoms with van der Waals surface area (Å²) < 4.78 is 13.3. The van der Waals surface area contributed by atoms with E-state index in [0.717, 1.165) is 31.4 Å². The van der Waals surface area contributed by atoms with Gasteiger partial charge >= 0.3 is 0 Å². The highest BCUT2D eigenvalue weighted by Crippen LogP contribution is 2.32. The molecule has 0 aromatic carbocycles. The van der Waals surface area contributed by atoms with Crippen molar-refractivity contribution in [3.8, 4) is 0 Å². The van der Waals surface area contributed by atoms with Gasteiger partial charge in [0.25, 0.3) is 0 Å². The lowest BCUT2D eigenvalue weighted by atomic mass is 10.1. The molecule has 1 heterocycles. The van der Waals surface area contributed by atoms with Crippen LogP contribution in [0.5, 0.6) is 0 Å². The van der Waals surface area contributed by atoms with Crippen molar-refractivity contribution in [2.75, 3.05) is 25.0 Å². The van der Waals surface area contributed by atoms with Gasteiger partial charge in [-0.15, -0.1) is 0 Å². The molecule has 0 amide bonds. The van der Waals surface area contributed by atoms with Crippen LogP contribution in [0.2, 0.25) is 0 Å². The molecule has 1 saturated heterocycles. The summed E-state index contributed by atoms with van der Waals surface area (Å²) in [6.07, 6.45) is 2.50. The van der Waals surface area contributed by atoms with E-state index in [-0.39, 0.29) is 0 Å². The maximum atomic E-state index is 13.3. The minimum absolute atomic E-state index is 0.667. The lowest BCUT2D eigenvalue weighted by molar-refractivity contribution is 0.128. The average Bonchev–Trinajstić information content (AvgIpc) is 2.03. The molecule has 1 aliphatic rings. The highest BCUT2D eigenvalue weighted by atomic mass is 79.9. The van der Waals surface area contributed by atoms with Crippen molar-refractivity contribution >= 4 is 25.2 Å². The Bertz CT molecular complexity index is 133. The van der Waals surface area contributed by atoms with Gasteiger partial charge in [0.1, 0.15) is 5.41 Å². The van der Waals surface area contributed by atoms with Crippen LogP contribution in [0.1, 0.15) is 19.3 Å². The fourth-order valence-electron chi connectivity index (χ4n) is 1.43. The SMILES string of the molecule is FC1(P)CCN(CCCBr)CC1. The topological polar surface area (TPSA) is 3.24 Å². The molecule has 12 heavy (non-hydrogen) atoms. The number of rotatable bonds is 3. The molecule has 1 nitrogen and oxygen atoms in total. The summed E-state index contributed by atoms with van der Waals surface area (Å²) in [6.45, 7) is 2.92. The molecular weight excluding hydrogens is 240 g/mol. The number of likely N-dealkylation sites (tertiary alicyclic amines) is 1. The van der Waals surface area contributed by atoms with Gasteiger partial charge < -0.3 is 4.90 Å². The Morgan fingerprint density at radius 1 is 1.42 bits per heavy atom. The highest BCUT2D eigenvalue weighted by Gasteiger charge is 2.28. The summed E-state index contributed by atoms with van der Waals surface area (Å²) in [4.78, 5) is 2.34. The molecule has 0 radical (unpaired) electrons. The summed E-state index contributed by atoms with van der Waals surface area (Å²) >= 11 is 3.39. The number of hydrogen-bond donors (Lipinski definition) is 0. The zero-order valence-corrected chi connectivity index (χ0v) is 9.97. The van der Waals surface area contributed by atoms with Crippen LogP contribution < -0.4 is 0 Å². The van der Waals surface area contributed by atoms with Crippen molar-refractivity contribution < 1.29 is 4.39 Å². The van der Waals surface area contributed by atoms with Gasteiger partial charge in [-0.05, 0) is 25.8 Å². The van der Waals surface area contributed by atoms with Crippen LogP contribution in [-0.2, 0) is 0 Å². The standard InChI is InChI=1S/C8H16BrFNP/c9-4-1-5-11-6-2-8(10,12)3-7-11/h1-7,12H2. The Hall–Kier alpha value is 0.800. The lowest BCUT2D eigenvalue weighted by Crippen LogP contribution is -2.39. The van der Waals surface area contributed by atoms with E-state index in [9.17, 15) is 4.39 Å². The van der Waals surface area contributed by atoms with E-state index in [1.165, 1.54) is 0 Å². The summed E-state index contributed by atoms with van der Waals surface area (Å²) in [6, 6.07) is 0. The van der Waals surface area contributed by atoms with Crippen LogP contribution in [0.25, 0.3) is 0 Å². The Kier molecular flexibility index (Phi) is 4.42. The molecule has 1 aliphatic heterocycles. The molecule has 0 bridgehead atoms. The molecule has 4 heteroatoms. The van der Waals surface area contributed by atoms with Crippen molar-refractivity contribution in [1.82, 2.24) is 4.90 Å². The van der Waals surface area contributed by atoms with Crippen LogP contribution in [0.3, 0.4) is 0 Å². The molecule has 0 saturated carbocycles. The number of nitrogens with zero attached hydrogens (tertiary/aromatic N) is 1. The normalized spacial score (nSPS) is 24.2. The molecule has 1 fully saturated rings. The van der Waals surface area contributed by atoms with E-state index in [4.69, 9.17) is 0 Å². The first-order valence-electron chi connectivity index (χ1n) is 4.40. The molecule has 1 rings (SSSR count). The second kappa shape index (κ2) is 4.88. The van der Waals surface area contributed by atoms with Crippen molar-refractivity contribution in [1.29, 1.82) is 0 Å².